The van der Waals surface area contributed by atoms with Crippen LogP contribution in [0.3, 0.4) is 0 Å². The van der Waals surface area contributed by atoms with Crippen LogP contribution < -0.4 is 10.6 Å². The molecule has 0 saturated carbocycles. The van der Waals surface area contributed by atoms with Gasteiger partial charge in [-0.25, -0.2) is 0 Å². The first-order chi connectivity index (χ1) is 10.4. The third kappa shape index (κ3) is 3.27. The third-order valence-corrected chi connectivity index (χ3v) is 3.96. The van der Waals surface area contributed by atoms with Crippen LogP contribution in [-0.2, 0) is 20.9 Å². The highest BCUT2D eigenvalue weighted by molar-refractivity contribution is 5.91. The number of benzene rings is 1. The van der Waals surface area contributed by atoms with E-state index in [1.165, 1.54) is 18.9 Å². The molecular weight excluding hydrogens is 282 g/mol. The summed E-state index contributed by atoms with van der Waals surface area (Å²) in [4.78, 5) is 37.3. The number of fused-ring (bicyclic) bond motifs is 1. The van der Waals surface area contributed by atoms with Crippen LogP contribution in [0.2, 0.25) is 0 Å². The average molecular weight is 303 g/mol. The highest BCUT2D eigenvalue weighted by atomic mass is 16.2. The molecule has 0 unspecified atom stereocenters. The van der Waals surface area contributed by atoms with Gasteiger partial charge >= 0.3 is 0 Å². The zero-order valence-electron chi connectivity index (χ0n) is 13.1. The van der Waals surface area contributed by atoms with Crippen LogP contribution in [0.4, 0.5) is 0 Å². The van der Waals surface area contributed by atoms with E-state index in [0.717, 1.165) is 11.1 Å². The van der Waals surface area contributed by atoms with E-state index in [1.807, 2.05) is 31.2 Å². The number of likely N-dealkylation sites (N-methyl/N-ethyl adjacent to an activating group) is 1. The molecule has 0 aliphatic carbocycles. The van der Waals surface area contributed by atoms with Gasteiger partial charge in [0, 0.05) is 26.4 Å². The molecule has 0 fully saturated rings. The van der Waals surface area contributed by atoms with Gasteiger partial charge in [-0.2, -0.15) is 0 Å². The molecule has 6 heteroatoms. The van der Waals surface area contributed by atoms with Crippen LogP contribution in [0.5, 0.6) is 0 Å². The van der Waals surface area contributed by atoms with Crippen molar-refractivity contribution in [2.24, 2.45) is 0 Å². The van der Waals surface area contributed by atoms with Crippen LogP contribution >= 0.6 is 0 Å². The summed E-state index contributed by atoms with van der Waals surface area (Å²) in [5, 5.41) is 5.25. The second kappa shape index (κ2) is 6.60. The van der Waals surface area contributed by atoms with Gasteiger partial charge in [-0.3, -0.25) is 14.4 Å². The molecule has 22 heavy (non-hydrogen) atoms. The van der Waals surface area contributed by atoms with Crippen LogP contribution in [0.1, 0.15) is 30.9 Å². The Labute approximate surface area is 129 Å². The van der Waals surface area contributed by atoms with Crippen molar-refractivity contribution in [3.63, 3.8) is 0 Å². The number of hydrogen-bond acceptors (Lipinski definition) is 3. The van der Waals surface area contributed by atoms with Crippen molar-refractivity contribution in [3.05, 3.63) is 35.4 Å². The summed E-state index contributed by atoms with van der Waals surface area (Å²) in [6.07, 6.45) is 0. The molecule has 3 amide bonds. The Morgan fingerprint density at radius 1 is 1.32 bits per heavy atom. The largest absolute Gasteiger partial charge is 0.358 e. The van der Waals surface area contributed by atoms with Gasteiger partial charge in [0.2, 0.25) is 17.7 Å². The van der Waals surface area contributed by atoms with Crippen molar-refractivity contribution in [2.45, 2.75) is 32.4 Å². The fourth-order valence-electron chi connectivity index (χ4n) is 2.79. The molecule has 1 aliphatic rings. The lowest BCUT2D eigenvalue weighted by atomic mass is 9.90. The van der Waals surface area contributed by atoms with Crippen molar-refractivity contribution < 1.29 is 14.4 Å². The van der Waals surface area contributed by atoms with Crippen LogP contribution in [-0.4, -0.2) is 42.3 Å². The Morgan fingerprint density at radius 3 is 2.64 bits per heavy atom. The molecular formula is C16H21N3O3. The first-order valence-corrected chi connectivity index (χ1v) is 7.28. The van der Waals surface area contributed by atoms with Gasteiger partial charge in [0.25, 0.3) is 0 Å². The van der Waals surface area contributed by atoms with E-state index in [2.05, 4.69) is 10.6 Å². The number of amides is 3. The van der Waals surface area contributed by atoms with E-state index in [9.17, 15) is 14.4 Å². The lowest BCUT2D eigenvalue weighted by Gasteiger charge is -2.26. The summed E-state index contributed by atoms with van der Waals surface area (Å²) >= 11 is 0. The van der Waals surface area contributed by atoms with Crippen LogP contribution in [0.25, 0.3) is 0 Å². The van der Waals surface area contributed by atoms with E-state index in [0.29, 0.717) is 6.54 Å². The summed E-state index contributed by atoms with van der Waals surface area (Å²) in [7, 11) is 1.53. The van der Waals surface area contributed by atoms with Gasteiger partial charge in [0.15, 0.2) is 0 Å². The highest BCUT2D eigenvalue weighted by Crippen LogP contribution is 2.29. The van der Waals surface area contributed by atoms with Crippen LogP contribution in [0, 0.1) is 0 Å². The maximum absolute atomic E-state index is 12.7. The smallest absolute Gasteiger partial charge is 0.246 e. The topological polar surface area (TPSA) is 78.5 Å². The summed E-state index contributed by atoms with van der Waals surface area (Å²) in [6.45, 7) is 3.65. The van der Waals surface area contributed by atoms with E-state index < -0.39 is 6.04 Å². The van der Waals surface area contributed by atoms with E-state index in [1.54, 1.807) is 0 Å². The normalized spacial score (nSPS) is 20.9. The number of nitrogens with one attached hydrogen (secondary N) is 2. The van der Waals surface area contributed by atoms with Crippen molar-refractivity contribution in [1.29, 1.82) is 0 Å². The summed E-state index contributed by atoms with van der Waals surface area (Å²) in [5.74, 6) is -0.878. The van der Waals surface area contributed by atoms with Crippen molar-refractivity contribution in [1.82, 2.24) is 15.5 Å². The predicted molar refractivity (Wildman–Crippen MR) is 81.9 cm³/mol. The Kier molecular flexibility index (Phi) is 4.80. The molecule has 118 valence electrons. The standard InChI is InChI=1S/C16H21N3O3/c1-10-13-7-5-4-6-12(13)8-19(9-14(21)17-3)16(22)15(10)18-11(2)20/h4-7,10,15H,8-9H2,1-3H3,(H,17,21)(H,18,20)/t10-,15-/m0/s1. The van der Waals surface area contributed by atoms with Crippen molar-refractivity contribution >= 4 is 17.7 Å². The molecule has 0 saturated heterocycles. The lowest BCUT2D eigenvalue weighted by Crippen LogP contribution is -2.50. The van der Waals surface area contributed by atoms with Gasteiger partial charge in [0.1, 0.15) is 6.04 Å². The Hall–Kier alpha value is -2.37. The van der Waals surface area contributed by atoms with Gasteiger partial charge in [0.05, 0.1) is 6.54 Å². The molecule has 0 bridgehead atoms. The number of carbonyl (C=O) groups is 3. The molecule has 0 aromatic heterocycles. The quantitative estimate of drug-likeness (QED) is 0.847. The summed E-state index contributed by atoms with van der Waals surface area (Å²) < 4.78 is 0. The number of rotatable bonds is 3. The predicted octanol–water partition coefficient (Wildman–Crippen LogP) is 0.383. The Morgan fingerprint density at radius 2 is 2.00 bits per heavy atom. The van der Waals surface area contributed by atoms with Crippen LogP contribution in [0.15, 0.2) is 24.3 Å². The monoisotopic (exact) mass is 303 g/mol. The minimum atomic E-state index is -0.661. The molecule has 0 spiro atoms. The highest BCUT2D eigenvalue weighted by Gasteiger charge is 2.35. The van der Waals surface area contributed by atoms with E-state index in [4.69, 9.17) is 0 Å². The lowest BCUT2D eigenvalue weighted by molar-refractivity contribution is -0.139. The second-order valence-corrected chi connectivity index (χ2v) is 5.53. The average Bonchev–Trinajstić information content (AvgIpc) is 2.58. The molecule has 2 atom stereocenters. The second-order valence-electron chi connectivity index (χ2n) is 5.53. The zero-order valence-corrected chi connectivity index (χ0v) is 13.1. The van der Waals surface area contributed by atoms with Gasteiger partial charge in [-0.1, -0.05) is 31.2 Å². The first-order valence-electron chi connectivity index (χ1n) is 7.28. The zero-order chi connectivity index (χ0) is 16.3. The summed E-state index contributed by atoms with van der Waals surface area (Å²) in [6, 6.07) is 7.08. The minimum absolute atomic E-state index is 0.0214. The molecule has 1 aromatic carbocycles. The maximum atomic E-state index is 12.7. The SMILES string of the molecule is CNC(=O)CN1Cc2ccccc2[C@H](C)[C@H](NC(C)=O)C1=O. The van der Waals surface area contributed by atoms with Gasteiger partial charge < -0.3 is 15.5 Å². The molecule has 1 aliphatic heterocycles. The number of hydrogen-bond donors (Lipinski definition) is 2. The number of carbonyl (C=O) groups excluding carboxylic acids is 3. The molecule has 1 aromatic rings. The molecule has 6 nitrogen and oxygen atoms in total. The molecule has 2 rings (SSSR count). The van der Waals surface area contributed by atoms with Crippen molar-refractivity contribution in [2.75, 3.05) is 13.6 Å². The Balaban J connectivity index is 2.40. The van der Waals surface area contributed by atoms with Gasteiger partial charge in [-0.15, -0.1) is 0 Å². The molecule has 1 heterocycles. The molecule has 2 N–H and O–H groups in total. The minimum Gasteiger partial charge on any atom is -0.358 e. The first kappa shape index (κ1) is 16.0. The van der Waals surface area contributed by atoms with E-state index >= 15 is 0 Å². The van der Waals surface area contributed by atoms with Gasteiger partial charge in [-0.05, 0) is 11.1 Å². The number of nitrogens with zero attached hydrogens (tertiary/aromatic N) is 1. The fraction of sp³-hybridized carbons (Fsp3) is 0.438. The molecule has 0 radical (unpaired) electrons. The summed E-state index contributed by atoms with van der Waals surface area (Å²) in [5.41, 5.74) is 2.02. The maximum Gasteiger partial charge on any atom is 0.246 e. The van der Waals surface area contributed by atoms with E-state index in [-0.39, 0.29) is 30.2 Å². The van der Waals surface area contributed by atoms with Crippen molar-refractivity contribution in [3.8, 4) is 0 Å². The third-order valence-electron chi connectivity index (χ3n) is 3.96. The Bertz CT molecular complexity index is 600. The fourth-order valence-corrected chi connectivity index (χ4v) is 2.79.